The molecule has 0 amide bonds. The molecule has 0 saturated heterocycles. The number of furan rings is 1. The number of rotatable bonds is 2. The molecule has 2 aromatic rings. The summed E-state index contributed by atoms with van der Waals surface area (Å²) < 4.78 is 5.24. The zero-order valence-corrected chi connectivity index (χ0v) is 6.86. The van der Waals surface area contributed by atoms with Crippen molar-refractivity contribution in [3.63, 3.8) is 0 Å². The lowest BCUT2D eigenvalue weighted by molar-refractivity contribution is 0.514. The van der Waals surface area contributed by atoms with Crippen LogP contribution in [0.5, 0.6) is 0 Å². The molecule has 2 rings (SSSR count). The maximum atomic E-state index is 9.90. The Balaban J connectivity index is 2.51. The van der Waals surface area contributed by atoms with E-state index in [9.17, 15) is 4.79 Å². The van der Waals surface area contributed by atoms with E-state index >= 15 is 0 Å². The highest BCUT2D eigenvalue weighted by Gasteiger charge is 2.03. The van der Waals surface area contributed by atoms with E-state index < -0.39 is 0 Å². The molecule has 3 nitrogen and oxygen atoms in total. The Morgan fingerprint density at radius 1 is 1.38 bits per heavy atom. The van der Waals surface area contributed by atoms with Crippen molar-refractivity contribution < 1.29 is 9.21 Å². The predicted octanol–water partition coefficient (Wildman–Crippen LogP) is 2.27. The maximum Gasteiger partial charge on any atom is 0.235 e. The molecule has 0 saturated carbocycles. The van der Waals surface area contributed by atoms with E-state index in [1.54, 1.807) is 6.26 Å². The van der Waals surface area contributed by atoms with Crippen LogP contribution >= 0.6 is 0 Å². The first-order valence-corrected chi connectivity index (χ1v) is 3.90. The average molecular weight is 173 g/mol. The van der Waals surface area contributed by atoms with Crippen LogP contribution < -0.4 is 0 Å². The van der Waals surface area contributed by atoms with E-state index in [4.69, 9.17) is 4.42 Å². The van der Waals surface area contributed by atoms with Gasteiger partial charge in [0.2, 0.25) is 6.08 Å². The second kappa shape index (κ2) is 3.25. The van der Waals surface area contributed by atoms with Gasteiger partial charge in [0.1, 0.15) is 12.3 Å². The van der Waals surface area contributed by atoms with Gasteiger partial charge in [-0.05, 0) is 0 Å². The van der Waals surface area contributed by atoms with Crippen LogP contribution in [0.3, 0.4) is 0 Å². The molecule has 0 N–H and O–H groups in total. The van der Waals surface area contributed by atoms with E-state index in [1.165, 1.54) is 6.08 Å². The maximum absolute atomic E-state index is 9.90. The lowest BCUT2D eigenvalue weighted by atomic mass is 10.2. The topological polar surface area (TPSA) is 42.6 Å². The quantitative estimate of drug-likeness (QED) is 0.516. The highest BCUT2D eigenvalue weighted by Crippen LogP contribution is 2.20. The first-order valence-electron chi connectivity index (χ1n) is 3.90. The molecule has 0 bridgehead atoms. The number of isocyanates is 1. The van der Waals surface area contributed by atoms with Gasteiger partial charge in [0.15, 0.2) is 0 Å². The Labute approximate surface area is 74.7 Å². The van der Waals surface area contributed by atoms with Gasteiger partial charge in [-0.1, -0.05) is 24.3 Å². The summed E-state index contributed by atoms with van der Waals surface area (Å²) in [5.41, 5.74) is 0. The molecule has 1 heterocycles. The Bertz CT molecular complexity index is 466. The van der Waals surface area contributed by atoms with Crippen molar-refractivity contribution in [3.05, 3.63) is 36.3 Å². The standard InChI is InChI=1S/C10H7NO2/c12-7-11-5-10-9-4-2-1-3-8(9)6-13-10/h1-4,6H,5H2. The molecule has 1 aromatic heterocycles. The summed E-state index contributed by atoms with van der Waals surface area (Å²) in [6, 6.07) is 7.75. The summed E-state index contributed by atoms with van der Waals surface area (Å²) in [5, 5.41) is 2.03. The average Bonchev–Trinajstić information content (AvgIpc) is 2.58. The van der Waals surface area contributed by atoms with Crippen molar-refractivity contribution in [2.24, 2.45) is 4.99 Å². The molecule has 64 valence electrons. The Kier molecular flexibility index (Phi) is 1.94. The number of benzene rings is 1. The van der Waals surface area contributed by atoms with Gasteiger partial charge in [-0.25, -0.2) is 4.79 Å². The smallest absolute Gasteiger partial charge is 0.235 e. The Morgan fingerprint density at radius 2 is 2.23 bits per heavy atom. The molecule has 0 aliphatic carbocycles. The molecule has 0 atom stereocenters. The largest absolute Gasteiger partial charge is 0.466 e. The van der Waals surface area contributed by atoms with Gasteiger partial charge in [-0.3, -0.25) is 0 Å². The number of hydrogen-bond donors (Lipinski definition) is 0. The van der Waals surface area contributed by atoms with Crippen LogP contribution in [0.1, 0.15) is 5.76 Å². The fourth-order valence-corrected chi connectivity index (χ4v) is 1.28. The monoisotopic (exact) mass is 173 g/mol. The van der Waals surface area contributed by atoms with Crippen molar-refractivity contribution in [1.82, 2.24) is 0 Å². The SMILES string of the molecule is O=C=NCc1occ2ccccc12. The van der Waals surface area contributed by atoms with E-state index in [0.29, 0.717) is 5.76 Å². The van der Waals surface area contributed by atoms with E-state index in [-0.39, 0.29) is 6.54 Å². The summed E-state index contributed by atoms with van der Waals surface area (Å²) in [6.07, 6.45) is 3.14. The molecule has 13 heavy (non-hydrogen) atoms. The van der Waals surface area contributed by atoms with Crippen molar-refractivity contribution >= 4 is 16.9 Å². The van der Waals surface area contributed by atoms with Crippen LogP contribution in [0.25, 0.3) is 10.8 Å². The highest BCUT2D eigenvalue weighted by molar-refractivity contribution is 5.83. The van der Waals surface area contributed by atoms with Crippen LogP contribution in [0.2, 0.25) is 0 Å². The van der Waals surface area contributed by atoms with Gasteiger partial charge in [-0.2, -0.15) is 4.99 Å². The van der Waals surface area contributed by atoms with Crippen molar-refractivity contribution in [1.29, 1.82) is 0 Å². The lowest BCUT2D eigenvalue weighted by Crippen LogP contribution is -1.76. The van der Waals surface area contributed by atoms with Gasteiger partial charge >= 0.3 is 0 Å². The molecule has 3 heteroatoms. The van der Waals surface area contributed by atoms with E-state index in [0.717, 1.165) is 10.8 Å². The number of carbonyl (C=O) groups excluding carboxylic acids is 1. The first kappa shape index (κ1) is 7.77. The number of nitrogens with zero attached hydrogens (tertiary/aromatic N) is 1. The second-order valence-electron chi connectivity index (χ2n) is 2.65. The minimum Gasteiger partial charge on any atom is -0.466 e. The van der Waals surface area contributed by atoms with Crippen LogP contribution in [0, 0.1) is 0 Å². The van der Waals surface area contributed by atoms with Crippen LogP contribution in [-0.4, -0.2) is 6.08 Å². The summed E-state index contributed by atoms with van der Waals surface area (Å²) in [5.74, 6) is 0.707. The van der Waals surface area contributed by atoms with Crippen molar-refractivity contribution in [3.8, 4) is 0 Å². The van der Waals surface area contributed by atoms with Crippen LogP contribution in [0.4, 0.5) is 0 Å². The van der Waals surface area contributed by atoms with Crippen molar-refractivity contribution in [2.45, 2.75) is 6.54 Å². The third-order valence-electron chi connectivity index (χ3n) is 1.88. The van der Waals surface area contributed by atoms with Gasteiger partial charge in [0.25, 0.3) is 0 Å². The summed E-state index contributed by atoms with van der Waals surface area (Å²) in [6.45, 7) is 0.261. The lowest BCUT2D eigenvalue weighted by Gasteiger charge is -1.89. The summed E-state index contributed by atoms with van der Waals surface area (Å²) in [7, 11) is 0. The molecule has 1 aromatic carbocycles. The second-order valence-corrected chi connectivity index (χ2v) is 2.65. The highest BCUT2D eigenvalue weighted by atomic mass is 16.3. The first-order chi connectivity index (χ1) is 6.42. The van der Waals surface area contributed by atoms with Gasteiger partial charge < -0.3 is 4.42 Å². The molecule has 0 fully saturated rings. The molecular weight excluding hydrogens is 166 g/mol. The minimum absolute atomic E-state index is 0.261. The third-order valence-corrected chi connectivity index (χ3v) is 1.88. The van der Waals surface area contributed by atoms with Gasteiger partial charge in [0, 0.05) is 10.8 Å². The van der Waals surface area contributed by atoms with Crippen molar-refractivity contribution in [2.75, 3.05) is 0 Å². The molecule has 0 aliphatic rings. The van der Waals surface area contributed by atoms with Crippen LogP contribution in [-0.2, 0) is 11.3 Å². The predicted molar refractivity (Wildman–Crippen MR) is 48.0 cm³/mol. The van der Waals surface area contributed by atoms with E-state index in [2.05, 4.69) is 4.99 Å². The van der Waals surface area contributed by atoms with Crippen LogP contribution in [0.15, 0.2) is 39.9 Å². The molecule has 0 aliphatic heterocycles. The van der Waals surface area contributed by atoms with Gasteiger partial charge in [0.05, 0.1) is 6.26 Å². The normalized spacial score (nSPS) is 9.85. The number of hydrogen-bond acceptors (Lipinski definition) is 3. The molecule has 0 spiro atoms. The molecule has 0 radical (unpaired) electrons. The zero-order chi connectivity index (χ0) is 9.10. The molecule has 0 unspecified atom stereocenters. The summed E-state index contributed by atoms with van der Waals surface area (Å²) in [4.78, 5) is 13.4. The van der Waals surface area contributed by atoms with E-state index in [1.807, 2.05) is 24.3 Å². The third kappa shape index (κ3) is 1.37. The zero-order valence-electron chi connectivity index (χ0n) is 6.86. The minimum atomic E-state index is 0.261. The Morgan fingerprint density at radius 3 is 3.08 bits per heavy atom. The van der Waals surface area contributed by atoms with Gasteiger partial charge in [-0.15, -0.1) is 0 Å². The number of aliphatic imine (C=N–C) groups is 1. The Hall–Kier alpha value is -1.86. The number of fused-ring (bicyclic) bond motifs is 1. The fraction of sp³-hybridized carbons (Fsp3) is 0.100. The summed E-state index contributed by atoms with van der Waals surface area (Å²) >= 11 is 0. The fourth-order valence-electron chi connectivity index (χ4n) is 1.28. The molecular formula is C10H7NO2.